The van der Waals surface area contributed by atoms with Gasteiger partial charge in [-0.1, -0.05) is 277 Å². The summed E-state index contributed by atoms with van der Waals surface area (Å²) in [5.74, 6) is 3.86. The number of carbonyl (C=O) groups excluding carboxylic acids is 1. The third-order valence-electron chi connectivity index (χ3n) is 20.0. The van der Waals surface area contributed by atoms with Crippen LogP contribution in [0.5, 0.6) is 0 Å². The minimum absolute atomic E-state index is 0.375. The second-order valence-corrected chi connectivity index (χ2v) is 30.9. The molecule has 12 aromatic carbocycles. The predicted molar refractivity (Wildman–Crippen MR) is 477 cm³/mol. The molecule has 20 rings (SSSR count). The van der Waals surface area contributed by atoms with Gasteiger partial charge in [0.25, 0.3) is 0 Å². The van der Waals surface area contributed by atoms with E-state index in [1.807, 2.05) is 237 Å². The fourth-order valence-corrected chi connectivity index (χ4v) is 14.3. The molecule has 0 spiro atoms. The van der Waals surface area contributed by atoms with Gasteiger partial charge in [-0.15, -0.1) is 0 Å². The lowest BCUT2D eigenvalue weighted by Gasteiger charge is -2.32. The largest absolute Gasteiger partial charge is 0.494 e. The number of benzene rings is 12. The number of pyridine rings is 5. The van der Waals surface area contributed by atoms with Crippen molar-refractivity contribution >= 4 is 149 Å². The zero-order valence-corrected chi connectivity index (χ0v) is 67.5. The Morgan fingerprint density at radius 1 is 0.304 bits per heavy atom. The summed E-state index contributed by atoms with van der Waals surface area (Å²) in [7, 11) is -0.401. The first kappa shape index (κ1) is 76.1. The average Bonchev–Trinajstić information content (AvgIpc) is 1.71. The Balaban J connectivity index is 0.000000120. The van der Waals surface area contributed by atoms with E-state index in [1.165, 1.54) is 0 Å². The summed E-state index contributed by atoms with van der Waals surface area (Å²) < 4.78 is 15.2. The van der Waals surface area contributed by atoms with Crippen LogP contribution in [0.1, 0.15) is 38.1 Å². The van der Waals surface area contributed by atoms with E-state index in [-0.39, 0.29) is 11.2 Å². The van der Waals surface area contributed by atoms with E-state index in [0.29, 0.717) is 40.5 Å². The van der Waals surface area contributed by atoms with Crippen LogP contribution in [0.4, 0.5) is 5.69 Å². The third-order valence-corrected chi connectivity index (χ3v) is 21.5. The molecule has 1 aliphatic rings. The number of nitrogens with zero attached hydrogens (tertiary/aromatic N) is 11. The van der Waals surface area contributed by atoms with Gasteiger partial charge in [0, 0.05) is 114 Å². The van der Waals surface area contributed by atoms with Crippen LogP contribution in [0, 0.1) is 0 Å². The van der Waals surface area contributed by atoms with Crippen molar-refractivity contribution < 1.29 is 14.1 Å². The van der Waals surface area contributed by atoms with Crippen molar-refractivity contribution in [3.05, 3.63) is 353 Å². The number of carbonyl (C=O) groups is 1. The van der Waals surface area contributed by atoms with Crippen LogP contribution >= 0.6 is 47.8 Å². The van der Waals surface area contributed by atoms with Gasteiger partial charge in [0.1, 0.15) is 0 Å². The summed E-state index contributed by atoms with van der Waals surface area (Å²) in [5.41, 5.74) is 21.7. The summed E-state index contributed by atoms with van der Waals surface area (Å²) in [4.78, 5) is 62.3. The van der Waals surface area contributed by atoms with E-state index in [0.717, 1.165) is 152 Å². The molecule has 15 nitrogen and oxygen atoms in total. The molecular weight excluding hydrogens is 1620 g/mol. The van der Waals surface area contributed by atoms with Crippen molar-refractivity contribution in [2.45, 2.75) is 38.9 Å². The first-order chi connectivity index (χ1) is 56.0. The lowest BCUT2D eigenvalue weighted by atomic mass is 9.79. The second-order valence-electron chi connectivity index (χ2n) is 28.2. The highest BCUT2D eigenvalue weighted by Crippen LogP contribution is 2.38. The number of fused-ring (bicyclic) bond motifs is 9. The first-order valence-corrected chi connectivity index (χ1v) is 39.5. The average molecular weight is 1690 g/mol. The van der Waals surface area contributed by atoms with Crippen LogP contribution in [-0.2, 0) is 9.31 Å². The maximum atomic E-state index is 10.2. The summed E-state index contributed by atoms with van der Waals surface area (Å²) >= 11 is 10.0. The zero-order valence-electron chi connectivity index (χ0n) is 62.8. The van der Waals surface area contributed by atoms with Gasteiger partial charge < -0.3 is 15.0 Å². The summed E-state index contributed by atoms with van der Waals surface area (Å²) in [5, 5.41) is 7.73. The van der Waals surface area contributed by atoms with E-state index in [1.54, 1.807) is 12.3 Å². The molecule has 2 N–H and O–H groups in total. The Morgan fingerprint density at radius 3 is 1.07 bits per heavy atom. The summed E-state index contributed by atoms with van der Waals surface area (Å²) in [6.07, 6.45) is 6.32. The number of aromatic nitrogens is 11. The predicted octanol–water partition coefficient (Wildman–Crippen LogP) is 23.5. The molecule has 1 aliphatic heterocycles. The molecule has 0 bridgehead atoms. The molecular formula is C96H70BBr3N12O3. The van der Waals surface area contributed by atoms with Gasteiger partial charge in [-0.3, -0.25) is 19.7 Å². The molecule has 19 aromatic rings. The van der Waals surface area contributed by atoms with Crippen LogP contribution < -0.4 is 11.2 Å². The van der Waals surface area contributed by atoms with E-state index in [4.69, 9.17) is 59.9 Å². The summed E-state index contributed by atoms with van der Waals surface area (Å²) in [6.45, 7) is 8.23. The van der Waals surface area contributed by atoms with Crippen molar-refractivity contribution in [3.63, 3.8) is 0 Å². The molecule has 19 heteroatoms. The molecule has 1 saturated heterocycles. The second kappa shape index (κ2) is 33.8. The molecule has 8 heterocycles. The van der Waals surface area contributed by atoms with Crippen molar-refractivity contribution in [1.82, 2.24) is 54.8 Å². The van der Waals surface area contributed by atoms with Crippen LogP contribution in [-0.4, -0.2) is 79.4 Å². The topological polar surface area (TPSA) is 203 Å². The Hall–Kier alpha value is -12.9. The van der Waals surface area contributed by atoms with Crippen LogP contribution in [0.3, 0.4) is 0 Å². The number of para-hydroxylation sites is 3. The molecule has 0 amide bonds. The smallest absolute Gasteiger partial charge is 0.399 e. The van der Waals surface area contributed by atoms with Crippen LogP contribution in [0.15, 0.2) is 347 Å². The number of nitrogens with two attached hydrogens (primary N) is 1. The molecule has 556 valence electrons. The minimum atomic E-state index is -0.401. The first-order valence-electron chi connectivity index (χ1n) is 37.2. The van der Waals surface area contributed by atoms with Crippen molar-refractivity contribution in [2.24, 2.45) is 0 Å². The van der Waals surface area contributed by atoms with Gasteiger partial charge in [-0.05, 0) is 125 Å². The van der Waals surface area contributed by atoms with Crippen molar-refractivity contribution in [3.8, 4) is 79.5 Å². The molecule has 0 aliphatic carbocycles. The Labute approximate surface area is 689 Å². The number of hydrogen-bond acceptors (Lipinski definition) is 15. The molecule has 0 unspecified atom stereocenters. The van der Waals surface area contributed by atoms with Gasteiger partial charge in [-0.25, -0.2) is 39.9 Å². The Bertz CT molecular complexity index is 6630. The monoisotopic (exact) mass is 1690 g/mol. The number of rotatable bonds is 9. The Kier molecular flexibility index (Phi) is 22.4. The number of anilines is 1. The molecule has 1 fully saturated rings. The molecule has 7 aromatic heterocycles. The third kappa shape index (κ3) is 17.2. The lowest BCUT2D eigenvalue weighted by Crippen LogP contribution is -2.41. The summed E-state index contributed by atoms with van der Waals surface area (Å²) in [6, 6.07) is 105. The maximum Gasteiger partial charge on any atom is 0.494 e. The van der Waals surface area contributed by atoms with Gasteiger partial charge >= 0.3 is 7.12 Å². The number of nitrogen functional groups attached to an aromatic ring is 1. The SMILES string of the molecule is Brc1cnc2c(ccc3cc4ccccc4nc32)c1.CC1(C)OB(c2ccc(-c3nc(-c4ccccc4)nc(-c4ccccc4)n3)cc2)OC1(C)C.Nc1cccc2cc(Br)cnc12.O=Cc1ccccc1Br.c1ccc(-c2nc(-c3ccccc3)nc(-c3ccc(-c4cnc5c(ccc6cc7ccccc7nc65)c4)cc3)n2)cc1. The van der Waals surface area contributed by atoms with Crippen LogP contribution in [0.25, 0.3) is 156 Å². The van der Waals surface area contributed by atoms with Crippen LogP contribution in [0.2, 0.25) is 0 Å². The van der Waals surface area contributed by atoms with E-state index in [9.17, 15) is 4.79 Å². The minimum Gasteiger partial charge on any atom is -0.399 e. The van der Waals surface area contributed by atoms with Gasteiger partial charge in [0.15, 0.2) is 41.2 Å². The lowest BCUT2D eigenvalue weighted by molar-refractivity contribution is 0.00578. The van der Waals surface area contributed by atoms with E-state index in [2.05, 4.69) is 170 Å². The maximum absolute atomic E-state index is 10.2. The fraction of sp³-hybridized carbons (Fsp3) is 0.0625. The van der Waals surface area contributed by atoms with Crippen molar-refractivity contribution in [2.75, 3.05) is 5.73 Å². The van der Waals surface area contributed by atoms with E-state index >= 15 is 0 Å². The quantitative estimate of drug-likeness (QED) is 0.0469. The van der Waals surface area contributed by atoms with E-state index < -0.39 is 7.12 Å². The molecule has 0 radical (unpaired) electrons. The number of aldehydes is 1. The number of halogens is 3. The Morgan fingerprint density at radius 2 is 0.643 bits per heavy atom. The van der Waals surface area contributed by atoms with Crippen molar-refractivity contribution in [1.29, 1.82) is 0 Å². The highest BCUT2D eigenvalue weighted by Gasteiger charge is 2.51. The highest BCUT2D eigenvalue weighted by molar-refractivity contribution is 9.11. The van der Waals surface area contributed by atoms with Gasteiger partial charge in [-0.2, -0.15) is 0 Å². The molecule has 0 saturated carbocycles. The standard InChI is InChI=1S/C37H23N5.C27H26BN3O2.C16H9BrN2.C9H7BrN2.C7H5BrO/c1-3-9-25(10-4-1)35-40-36(26-11-5-2-6-12-26)42-37(41-35)27-17-15-24(16-18-27)31-22-29-19-20-30-21-28-13-7-8-14-32(28)39-34(30)33(29)38-23-31;1-26(2)27(3,4)33-28(32-26)22-17-15-21(16-18-22)25-30-23(19-11-7-5-8-12-19)29-24(31-25)20-13-9-6-10-14-20;17-13-8-12-6-5-11-7-10-3-1-2-4-14(10)19-16(11)15(12)18-9-13;10-7-4-6-2-1-3-8(11)9(6)12-5-7;8-7-4-2-1-3-6(7)5-9/h1-23H;5-18H,1-4H3;1-9H;1-5H,11H2;1-5H. The fourth-order valence-electron chi connectivity index (χ4n) is 13.2. The van der Waals surface area contributed by atoms with Gasteiger partial charge in [0.05, 0.1) is 55.5 Å². The number of hydrogen-bond donors (Lipinski definition) is 1. The normalized spacial score (nSPS) is 12.6. The molecule has 115 heavy (non-hydrogen) atoms. The highest BCUT2D eigenvalue weighted by atomic mass is 79.9. The zero-order chi connectivity index (χ0) is 79.0. The van der Waals surface area contributed by atoms with Gasteiger partial charge in [0.2, 0.25) is 0 Å². The molecule has 0 atom stereocenters.